The molecule has 2 aliphatic heterocycles. The van der Waals surface area contributed by atoms with Crippen molar-refractivity contribution in [2.75, 3.05) is 0 Å². The van der Waals surface area contributed by atoms with Gasteiger partial charge in [0, 0.05) is 98.6 Å². The van der Waals surface area contributed by atoms with Crippen LogP contribution in [-0.4, -0.2) is 19.9 Å². The molecule has 8 bridgehead atoms. The van der Waals surface area contributed by atoms with Crippen molar-refractivity contribution >= 4 is 66.7 Å². The van der Waals surface area contributed by atoms with Crippen LogP contribution in [0.2, 0.25) is 0 Å². The summed E-state index contributed by atoms with van der Waals surface area (Å²) < 4.78 is 8.20. The molecule has 0 unspecified atom stereocenters. The Hall–Kier alpha value is -5.71. The van der Waals surface area contributed by atoms with E-state index in [0.29, 0.717) is 12.9 Å². The molecule has 0 atom stereocenters. The van der Waals surface area contributed by atoms with Gasteiger partial charge < -0.3 is 9.97 Å². The zero-order chi connectivity index (χ0) is 38.1. The first-order chi connectivity index (χ1) is 26.8. The Morgan fingerprint density at radius 1 is 0.400 bits per heavy atom. The topological polar surface area (TPSA) is 72.9 Å². The standard InChI is InChI=1S/C44H37N8.2ClH.Co.4H2/c1-49-21-13-29(14-22-49)41-33-5-7-35(45-33)42(30-15-23-50(2)24-16-30)37-9-11-39(47-37)44(32-19-27-52(4)28-20-32)40-12-10-38(48-40)43(36-8-6-34(41)46-36)31-17-25-51(3)26-18-31;;;;;;;/h5-28H,1-4H3,(H,45,46,47,48);2*1H;;4*1H/q+3;;;+2;;;;/p-1/i;;;;4*1+2. The summed E-state index contributed by atoms with van der Waals surface area (Å²) in [5.41, 5.74) is 15.9. The van der Waals surface area contributed by atoms with Crippen molar-refractivity contribution in [1.29, 1.82) is 0 Å². The summed E-state index contributed by atoms with van der Waals surface area (Å²) in [5.74, 6) is 0. The number of aromatic nitrogens is 8. The van der Waals surface area contributed by atoms with Crippen LogP contribution in [0.1, 0.15) is 28.5 Å². The number of hydrogen-bond donors (Lipinski definition) is 2. The Kier molecular flexibility index (Phi) is 10.3. The third-order valence-corrected chi connectivity index (χ3v) is 9.82. The Morgan fingerprint density at radius 2 is 0.600 bits per heavy atom. The van der Waals surface area contributed by atoms with Gasteiger partial charge in [-0.3, -0.25) is 0 Å². The number of aryl methyl sites for hydroxylation is 4. The van der Waals surface area contributed by atoms with E-state index in [4.69, 9.17) is 30.3 Å². The zero-order valence-corrected chi connectivity index (χ0v) is 33.2. The quantitative estimate of drug-likeness (QED) is 0.174. The van der Waals surface area contributed by atoms with Crippen LogP contribution >= 0.6 is 20.3 Å². The molecule has 2 N–H and O–H groups in total. The maximum absolute atomic E-state index is 5.39. The summed E-state index contributed by atoms with van der Waals surface area (Å²) in [6.07, 6.45) is 25.2. The molecule has 11 heteroatoms. The van der Waals surface area contributed by atoms with E-state index in [2.05, 4.69) is 157 Å². The molecule has 2 aliphatic rings. The van der Waals surface area contributed by atoms with E-state index in [1.165, 1.54) is 0 Å². The van der Waals surface area contributed by atoms with Crippen LogP contribution in [0.3, 0.4) is 0 Å². The van der Waals surface area contributed by atoms with Gasteiger partial charge in [0.2, 0.25) is 0 Å². The van der Waals surface area contributed by atoms with Crippen LogP contribution in [0, 0.1) is 0 Å². The Bertz CT molecular complexity index is 2420. The number of fused-ring (bicyclic) bond motifs is 8. The molecule has 8 nitrogen and oxygen atoms in total. The zero-order valence-electron chi connectivity index (χ0n) is 30.6. The van der Waals surface area contributed by atoms with Crippen LogP contribution in [0.5, 0.6) is 0 Å². The van der Waals surface area contributed by atoms with Crippen LogP contribution in [0.25, 0.3) is 90.9 Å². The van der Waals surface area contributed by atoms with Crippen LogP contribution in [0.4, 0.5) is 0 Å². The average molecular weight is 825 g/mol. The van der Waals surface area contributed by atoms with E-state index in [-0.39, 0.29) is 5.71 Å². The van der Waals surface area contributed by atoms with E-state index in [1.807, 2.05) is 46.5 Å². The number of halogens is 2. The molecule has 0 amide bonds. The summed E-state index contributed by atoms with van der Waals surface area (Å²) in [5, 5.41) is 0. The maximum atomic E-state index is 5.39. The van der Waals surface area contributed by atoms with Crippen LogP contribution in [0.15, 0.2) is 122 Å². The van der Waals surface area contributed by atoms with Crippen molar-refractivity contribution < 1.29 is 36.9 Å². The van der Waals surface area contributed by atoms with Gasteiger partial charge in [0.15, 0.2) is 49.6 Å². The summed E-state index contributed by atoms with van der Waals surface area (Å²) >= 11 is 0.382. The SMILES string of the molecule is C[n+]1ccc(-c2c3nc(c(-c4cc[n+](C)cc4)c4ccc([nH]4)c(-c4cc[n+](C)cc4)c4nc(c(-c5cc[n+](C)cc5)c5ccc2[nH]5)C=C4)C=C3)cc1.[3HH].[3HH].[3HH].[3HH].[Cl][Co][Cl]. The van der Waals surface area contributed by atoms with Crippen molar-refractivity contribution in [3.05, 3.63) is 145 Å². The van der Waals surface area contributed by atoms with Crippen molar-refractivity contribution in [2.45, 2.75) is 0 Å². The first-order valence-electron chi connectivity index (χ1n) is 17.6. The molecule has 0 radical (unpaired) electrons. The number of aromatic amines is 2. The normalized spacial score (nSPS) is 11.8. The molecule has 7 aromatic heterocycles. The second-order valence-corrected chi connectivity index (χ2v) is 15.3. The first kappa shape index (κ1) is 36.3. The third-order valence-electron chi connectivity index (χ3n) is 9.82. The van der Waals surface area contributed by atoms with Gasteiger partial charge in [0.05, 0.1) is 22.8 Å². The first-order valence-corrected chi connectivity index (χ1v) is 20.5. The number of hydrogen-bond acceptors (Lipinski definition) is 2. The second-order valence-electron chi connectivity index (χ2n) is 13.6. The Morgan fingerprint density at radius 3 is 0.800 bits per heavy atom. The average Bonchev–Trinajstić information content (AvgIpc) is 4.03. The fourth-order valence-electron chi connectivity index (χ4n) is 7.09. The molecule has 7 aromatic rings. The number of pyridine rings is 4. The fraction of sp³-hybridized carbons (Fsp3) is 0.0909. The molecule has 0 spiro atoms. The molecule has 0 saturated carbocycles. The number of nitrogens with one attached hydrogen (secondary N) is 2. The van der Waals surface area contributed by atoms with Gasteiger partial charge in [-0.05, 0) is 70.8 Å². The van der Waals surface area contributed by atoms with Gasteiger partial charge in [0.1, 0.15) is 28.2 Å². The van der Waals surface area contributed by atoms with E-state index in [9.17, 15) is 0 Å². The van der Waals surface area contributed by atoms with Crippen molar-refractivity contribution in [3.8, 4) is 44.5 Å². The third kappa shape index (κ3) is 7.39. The molecule has 0 aromatic carbocycles. The summed E-state index contributed by atoms with van der Waals surface area (Å²) in [4.78, 5) is 18.4. The number of H-pyrrole nitrogens is 2. The van der Waals surface area contributed by atoms with Crippen molar-refractivity contribution in [2.24, 2.45) is 28.2 Å². The fourth-order valence-corrected chi connectivity index (χ4v) is 7.09. The predicted octanol–water partition coefficient (Wildman–Crippen LogP) is 8.98. The van der Waals surface area contributed by atoms with E-state index < -0.39 is 0 Å². The minimum absolute atomic E-state index is 0. The van der Waals surface area contributed by atoms with Gasteiger partial charge in [-0.2, -0.15) is 0 Å². The Balaban J connectivity index is 0.00000107. The van der Waals surface area contributed by atoms with E-state index in [0.717, 1.165) is 89.4 Å². The monoisotopic (exact) mass is 823 g/mol. The summed E-state index contributed by atoms with van der Waals surface area (Å²) in [6, 6.07) is 25.8. The predicted molar refractivity (Wildman–Crippen MR) is 225 cm³/mol. The van der Waals surface area contributed by atoms with Gasteiger partial charge >= 0.3 is 33.2 Å². The molecule has 281 valence electrons. The van der Waals surface area contributed by atoms with Crippen molar-refractivity contribution in [3.63, 3.8) is 0 Å². The van der Waals surface area contributed by atoms with Gasteiger partial charge in [-0.15, -0.1) is 0 Å². The molecule has 55 heavy (non-hydrogen) atoms. The Labute approximate surface area is 339 Å². The van der Waals surface area contributed by atoms with Crippen LogP contribution < -0.4 is 18.3 Å². The van der Waals surface area contributed by atoms with Crippen molar-refractivity contribution in [1.82, 2.24) is 19.9 Å². The van der Waals surface area contributed by atoms with E-state index in [1.54, 1.807) is 0 Å². The summed E-state index contributed by atoms with van der Waals surface area (Å²) in [6.45, 7) is 0. The number of nitrogens with zero attached hydrogens (tertiary/aromatic N) is 6. The molecule has 0 saturated heterocycles. The molecular weight excluding hydrogens is 770 g/mol. The van der Waals surface area contributed by atoms with Gasteiger partial charge in [-0.25, -0.2) is 28.2 Å². The molecule has 9 heterocycles. The second kappa shape index (κ2) is 15.6. The summed E-state index contributed by atoms with van der Waals surface area (Å²) in [7, 11) is 17.6. The van der Waals surface area contributed by atoms with Crippen LogP contribution in [-0.2, 0) is 41.1 Å². The molecular formula is C44H46Cl2CoN8+4. The number of rotatable bonds is 4. The van der Waals surface area contributed by atoms with Gasteiger partial charge in [-0.1, -0.05) is 0 Å². The minimum atomic E-state index is 0. The van der Waals surface area contributed by atoms with Gasteiger partial charge in [0.25, 0.3) is 0 Å². The molecule has 9 rings (SSSR count). The molecule has 0 fully saturated rings. The molecule has 0 aliphatic carbocycles. The van der Waals surface area contributed by atoms with E-state index >= 15 is 0 Å².